The summed E-state index contributed by atoms with van der Waals surface area (Å²) in [7, 11) is 1.68. The molecule has 1 aromatic rings. The lowest BCUT2D eigenvalue weighted by Gasteiger charge is -2.32. The van der Waals surface area contributed by atoms with Crippen LogP contribution in [0.2, 0.25) is 0 Å². The minimum absolute atomic E-state index is 0.0988. The number of aromatic nitrogens is 1. The molecule has 0 radical (unpaired) electrons. The summed E-state index contributed by atoms with van der Waals surface area (Å²) in [6.45, 7) is 6.99. The van der Waals surface area contributed by atoms with Crippen molar-refractivity contribution in [3.8, 4) is 6.07 Å². The highest BCUT2D eigenvalue weighted by Gasteiger charge is 2.33. The third-order valence-electron chi connectivity index (χ3n) is 6.16. The van der Waals surface area contributed by atoms with E-state index < -0.39 is 0 Å². The van der Waals surface area contributed by atoms with E-state index in [0.29, 0.717) is 53.5 Å². The van der Waals surface area contributed by atoms with Crippen molar-refractivity contribution in [3.63, 3.8) is 0 Å². The summed E-state index contributed by atoms with van der Waals surface area (Å²) >= 11 is 6.80. The van der Waals surface area contributed by atoms with E-state index in [1.165, 1.54) is 42.0 Å². The Morgan fingerprint density at radius 3 is 2.48 bits per heavy atom. The Morgan fingerprint density at radius 1 is 1.15 bits per heavy atom. The quantitative estimate of drug-likeness (QED) is 0.296. The minimum Gasteiger partial charge on any atom is -0.378 e. The zero-order chi connectivity index (χ0) is 24.0. The molecule has 1 amide bonds. The highest BCUT2D eigenvalue weighted by molar-refractivity contribution is 8.26. The number of rotatable bonds is 9. The lowest BCUT2D eigenvalue weighted by molar-refractivity contribution is -0.122. The number of ether oxygens (including phenoxy) is 1. The van der Waals surface area contributed by atoms with E-state index in [9.17, 15) is 14.9 Å². The highest BCUT2D eigenvalue weighted by atomic mass is 32.2. The van der Waals surface area contributed by atoms with Crippen LogP contribution in [0.5, 0.6) is 0 Å². The lowest BCUT2D eigenvalue weighted by atomic mass is 10.0. The smallest absolute Gasteiger partial charge is 0.270 e. The van der Waals surface area contributed by atoms with E-state index in [1.807, 2.05) is 6.07 Å². The number of nitrogens with zero attached hydrogens (tertiary/aromatic N) is 4. The van der Waals surface area contributed by atoms with E-state index in [0.717, 1.165) is 18.4 Å². The van der Waals surface area contributed by atoms with Gasteiger partial charge in [-0.3, -0.25) is 19.1 Å². The van der Waals surface area contributed by atoms with Crippen LogP contribution in [0.3, 0.4) is 0 Å². The van der Waals surface area contributed by atoms with Gasteiger partial charge in [0.05, 0.1) is 18.1 Å². The van der Waals surface area contributed by atoms with Crippen molar-refractivity contribution in [1.82, 2.24) is 9.47 Å². The van der Waals surface area contributed by atoms with Crippen molar-refractivity contribution in [2.45, 2.75) is 52.4 Å². The summed E-state index contributed by atoms with van der Waals surface area (Å²) < 4.78 is 7.55. The zero-order valence-electron chi connectivity index (χ0n) is 19.7. The average Bonchev–Trinajstić information content (AvgIpc) is 3.08. The lowest BCUT2D eigenvalue weighted by Crippen LogP contribution is -2.40. The minimum atomic E-state index is -0.329. The SMILES string of the molecule is CCCCCCCCN1C(=O)/C(=C\c2c(C)c(C#N)c(=O)n(C)c2N2CCOCC2)SC1=S. The molecule has 7 nitrogen and oxygen atoms in total. The van der Waals surface area contributed by atoms with Gasteiger partial charge in [-0.25, -0.2) is 0 Å². The Hall–Kier alpha value is -2.15. The molecule has 178 valence electrons. The van der Waals surface area contributed by atoms with Gasteiger partial charge in [0.1, 0.15) is 21.8 Å². The molecule has 3 rings (SSSR count). The van der Waals surface area contributed by atoms with Gasteiger partial charge < -0.3 is 9.64 Å². The molecule has 9 heteroatoms. The fourth-order valence-electron chi connectivity index (χ4n) is 4.24. The fraction of sp³-hybridized carbons (Fsp3) is 0.583. The summed E-state index contributed by atoms with van der Waals surface area (Å²) in [5.41, 5.74) is 1.08. The van der Waals surface area contributed by atoms with Gasteiger partial charge >= 0.3 is 0 Å². The summed E-state index contributed by atoms with van der Waals surface area (Å²) in [5.74, 6) is 0.610. The molecule has 2 aliphatic rings. The van der Waals surface area contributed by atoms with Gasteiger partial charge in [0.25, 0.3) is 11.5 Å². The number of carbonyl (C=O) groups is 1. The normalized spacial score (nSPS) is 17.8. The first-order valence-corrected chi connectivity index (χ1v) is 12.8. The predicted octanol–water partition coefficient (Wildman–Crippen LogP) is 3.96. The van der Waals surface area contributed by atoms with Crippen LogP contribution < -0.4 is 10.5 Å². The number of thioether (sulfide) groups is 1. The van der Waals surface area contributed by atoms with Gasteiger partial charge in [0, 0.05) is 32.2 Å². The molecule has 0 saturated carbocycles. The Balaban J connectivity index is 1.89. The number of thiocarbonyl (C=S) groups is 1. The maximum atomic E-state index is 13.2. The van der Waals surface area contributed by atoms with Gasteiger partial charge in [0.15, 0.2) is 0 Å². The highest BCUT2D eigenvalue weighted by Crippen LogP contribution is 2.36. The number of unbranched alkanes of at least 4 members (excludes halogenated alkanes) is 5. The van der Waals surface area contributed by atoms with Crippen molar-refractivity contribution >= 4 is 46.1 Å². The van der Waals surface area contributed by atoms with E-state index >= 15 is 0 Å². The molecule has 0 aromatic carbocycles. The van der Waals surface area contributed by atoms with E-state index in [1.54, 1.807) is 24.9 Å². The van der Waals surface area contributed by atoms with Crippen LogP contribution in [0.25, 0.3) is 6.08 Å². The Kier molecular flexibility index (Phi) is 9.12. The van der Waals surface area contributed by atoms with Gasteiger partial charge in [-0.15, -0.1) is 0 Å². The molecule has 0 unspecified atom stereocenters. The summed E-state index contributed by atoms with van der Waals surface area (Å²) in [6, 6.07) is 2.04. The third kappa shape index (κ3) is 5.68. The molecule has 2 fully saturated rings. The van der Waals surface area contributed by atoms with Crippen LogP contribution >= 0.6 is 24.0 Å². The standard InChI is InChI=1S/C24H32N4O3S2/c1-4-5-6-7-8-9-10-28-23(30)20(33-24(28)32)15-18-17(2)19(16-25)22(29)26(3)21(18)27-11-13-31-14-12-27/h15H,4-14H2,1-3H3/b20-15+. The number of hydrogen-bond donors (Lipinski definition) is 0. The molecule has 1 aromatic heterocycles. The van der Waals surface area contributed by atoms with Crippen molar-refractivity contribution in [2.24, 2.45) is 7.05 Å². The van der Waals surface area contributed by atoms with Crippen molar-refractivity contribution in [2.75, 3.05) is 37.7 Å². The second-order valence-electron chi connectivity index (χ2n) is 8.41. The number of pyridine rings is 1. The average molecular weight is 489 g/mol. The third-order valence-corrected chi connectivity index (χ3v) is 7.54. The van der Waals surface area contributed by atoms with Crippen LogP contribution in [0.1, 0.15) is 62.1 Å². The summed E-state index contributed by atoms with van der Waals surface area (Å²) in [5, 5.41) is 9.60. The van der Waals surface area contributed by atoms with Crippen molar-refractivity contribution in [3.05, 3.63) is 31.9 Å². The molecule has 0 atom stereocenters. The molecule has 2 aliphatic heterocycles. The first-order valence-electron chi connectivity index (χ1n) is 11.6. The van der Waals surface area contributed by atoms with Crippen molar-refractivity contribution in [1.29, 1.82) is 5.26 Å². The van der Waals surface area contributed by atoms with E-state index in [-0.39, 0.29) is 17.0 Å². The van der Waals surface area contributed by atoms with Crippen LogP contribution in [0.4, 0.5) is 5.82 Å². The van der Waals surface area contributed by atoms with E-state index in [2.05, 4.69) is 11.8 Å². The largest absolute Gasteiger partial charge is 0.378 e. The van der Waals surface area contributed by atoms with Gasteiger partial charge in [0.2, 0.25) is 0 Å². The molecule has 2 saturated heterocycles. The fourth-order valence-corrected chi connectivity index (χ4v) is 5.53. The molecule has 0 aliphatic carbocycles. The number of amides is 1. The topological polar surface area (TPSA) is 78.6 Å². The molecule has 3 heterocycles. The van der Waals surface area contributed by atoms with E-state index in [4.69, 9.17) is 17.0 Å². The number of nitriles is 1. The summed E-state index contributed by atoms with van der Waals surface area (Å²) in [4.78, 5) is 30.3. The van der Waals surface area contributed by atoms with Crippen molar-refractivity contribution < 1.29 is 9.53 Å². The van der Waals surface area contributed by atoms with Gasteiger partial charge in [-0.1, -0.05) is 63.0 Å². The number of anilines is 1. The predicted molar refractivity (Wildman–Crippen MR) is 137 cm³/mol. The second kappa shape index (κ2) is 11.8. The maximum absolute atomic E-state index is 13.2. The number of hydrogen-bond acceptors (Lipinski definition) is 7. The molecule has 0 N–H and O–H groups in total. The molecule has 0 bridgehead atoms. The van der Waals surface area contributed by atoms with Crippen LogP contribution in [0.15, 0.2) is 9.70 Å². The summed E-state index contributed by atoms with van der Waals surface area (Å²) in [6.07, 6.45) is 8.69. The number of morpholine rings is 1. The van der Waals surface area contributed by atoms with Crippen LogP contribution in [-0.4, -0.2) is 52.5 Å². The van der Waals surface area contributed by atoms with Crippen LogP contribution in [-0.2, 0) is 16.6 Å². The van der Waals surface area contributed by atoms with Gasteiger partial charge in [-0.05, 0) is 25.0 Å². The second-order valence-corrected chi connectivity index (χ2v) is 10.1. The van der Waals surface area contributed by atoms with Gasteiger partial charge in [-0.2, -0.15) is 5.26 Å². The number of carbonyl (C=O) groups excluding carboxylic acids is 1. The first-order chi connectivity index (χ1) is 15.9. The maximum Gasteiger partial charge on any atom is 0.270 e. The molecule has 33 heavy (non-hydrogen) atoms. The monoisotopic (exact) mass is 488 g/mol. The Morgan fingerprint density at radius 2 is 1.82 bits per heavy atom. The van der Waals surface area contributed by atoms with Crippen LogP contribution in [0, 0.1) is 18.3 Å². The Labute approximate surface area is 205 Å². The first kappa shape index (κ1) is 25.5. The Bertz CT molecular complexity index is 1040. The molecule has 0 spiro atoms. The molecular weight excluding hydrogens is 456 g/mol. The molecular formula is C24H32N4O3S2. The zero-order valence-corrected chi connectivity index (χ0v) is 21.3.